The largest absolute Gasteiger partial charge is 0.405 e. The van der Waals surface area contributed by atoms with Crippen LogP contribution in [0.3, 0.4) is 0 Å². The Morgan fingerprint density at radius 3 is 2.15 bits per heavy atom. The molecule has 0 saturated carbocycles. The highest BCUT2D eigenvalue weighted by Gasteiger charge is 2.56. The molecule has 1 aromatic heterocycles. The van der Waals surface area contributed by atoms with Gasteiger partial charge in [-0.25, -0.2) is 9.79 Å². The number of nitrogens with zero attached hydrogens (tertiary/aromatic N) is 4. The lowest BCUT2D eigenvalue weighted by molar-refractivity contribution is -0.0984. The Morgan fingerprint density at radius 2 is 1.67 bits per heavy atom. The summed E-state index contributed by atoms with van der Waals surface area (Å²) in [5.74, 6) is 0.231. The fraction of sp³-hybridized carbons (Fsp3) is 0.414. The Labute approximate surface area is 230 Å². The van der Waals surface area contributed by atoms with E-state index in [2.05, 4.69) is 55.0 Å². The van der Waals surface area contributed by atoms with E-state index < -0.39 is 38.0 Å². The summed E-state index contributed by atoms with van der Waals surface area (Å²) >= 11 is 0. The highest BCUT2D eigenvalue weighted by atomic mass is 28.4. The standard InChI is InChI=1S/C29H38N4O5Si/c1-28(2,3)39(21-13-9-7-10-14-21,22-15-11-8-12-16-22)37-19-23-25(34)29(4,36)26(38-23)33-18-17-24(31-27(33)35)30-20-32(5)6/h7-18,20,23,25-26,34,36H,19H2,1-6H3/t23-,25-,26-,29-/m1/s1. The maximum atomic E-state index is 12.9. The fourth-order valence-corrected chi connectivity index (χ4v) is 9.74. The van der Waals surface area contributed by atoms with Gasteiger partial charge in [-0.3, -0.25) is 4.57 Å². The Kier molecular flexibility index (Phi) is 8.24. The normalized spacial score (nSPS) is 23.8. The van der Waals surface area contributed by atoms with Crippen molar-refractivity contribution in [1.82, 2.24) is 14.5 Å². The molecule has 2 aromatic carbocycles. The first-order valence-corrected chi connectivity index (χ1v) is 14.9. The van der Waals surface area contributed by atoms with E-state index in [1.54, 1.807) is 11.0 Å². The van der Waals surface area contributed by atoms with Crippen molar-refractivity contribution in [3.05, 3.63) is 83.4 Å². The average Bonchev–Trinajstić information content (AvgIpc) is 3.12. The van der Waals surface area contributed by atoms with Gasteiger partial charge in [-0.15, -0.1) is 0 Å². The van der Waals surface area contributed by atoms with Crippen molar-refractivity contribution < 1.29 is 19.4 Å². The SMILES string of the molecule is CN(C)C=Nc1ccn([C@@H]2O[C@H](CO[Si](c3ccccc3)(c3ccccc3)C(C)(C)C)[C@@H](O)[C@@]2(C)O)c(=O)n1. The molecule has 3 aromatic rings. The average molecular weight is 551 g/mol. The first kappa shape index (κ1) is 28.8. The van der Waals surface area contributed by atoms with Crippen LogP contribution in [0, 0.1) is 0 Å². The molecule has 0 amide bonds. The smallest absolute Gasteiger partial charge is 0.351 e. The van der Waals surface area contributed by atoms with Gasteiger partial charge in [0.05, 0.1) is 12.9 Å². The Bertz CT molecular complexity index is 1300. The van der Waals surface area contributed by atoms with Crippen LogP contribution in [-0.4, -0.2) is 77.8 Å². The second-order valence-electron chi connectivity index (χ2n) is 11.4. The first-order valence-electron chi connectivity index (χ1n) is 13.0. The third-order valence-electron chi connectivity index (χ3n) is 7.12. The van der Waals surface area contributed by atoms with Crippen molar-refractivity contribution in [2.24, 2.45) is 4.99 Å². The molecule has 0 unspecified atom stereocenters. The second kappa shape index (κ2) is 11.1. The molecule has 2 heterocycles. The lowest BCUT2D eigenvalue weighted by atomic mass is 9.96. The molecular weight excluding hydrogens is 512 g/mol. The summed E-state index contributed by atoms with van der Waals surface area (Å²) < 4.78 is 14.2. The van der Waals surface area contributed by atoms with E-state index in [0.717, 1.165) is 10.4 Å². The lowest BCUT2D eigenvalue weighted by Crippen LogP contribution is -2.67. The zero-order chi connectivity index (χ0) is 28.4. The number of hydrogen-bond acceptors (Lipinski definition) is 7. The Balaban J connectivity index is 1.66. The van der Waals surface area contributed by atoms with Gasteiger partial charge in [0, 0.05) is 20.3 Å². The minimum absolute atomic E-state index is 0.0223. The number of benzene rings is 2. The van der Waals surface area contributed by atoms with Crippen LogP contribution < -0.4 is 16.1 Å². The van der Waals surface area contributed by atoms with Gasteiger partial charge in [0.25, 0.3) is 8.32 Å². The molecule has 39 heavy (non-hydrogen) atoms. The molecule has 2 N–H and O–H groups in total. The number of ether oxygens (including phenoxy) is 1. The van der Waals surface area contributed by atoms with Crippen LogP contribution in [0.15, 0.2) is 82.7 Å². The molecule has 9 nitrogen and oxygen atoms in total. The van der Waals surface area contributed by atoms with Crippen LogP contribution in [0.25, 0.3) is 0 Å². The van der Waals surface area contributed by atoms with E-state index in [1.165, 1.54) is 24.0 Å². The number of aliphatic hydroxyl groups is 2. The topological polar surface area (TPSA) is 109 Å². The highest BCUT2D eigenvalue weighted by Crippen LogP contribution is 2.40. The van der Waals surface area contributed by atoms with Crippen molar-refractivity contribution in [3.63, 3.8) is 0 Å². The molecule has 4 atom stereocenters. The van der Waals surface area contributed by atoms with E-state index >= 15 is 0 Å². The van der Waals surface area contributed by atoms with E-state index in [0.29, 0.717) is 0 Å². The molecular formula is C29H38N4O5Si. The minimum atomic E-state index is -2.90. The lowest BCUT2D eigenvalue weighted by Gasteiger charge is -2.43. The zero-order valence-electron chi connectivity index (χ0n) is 23.4. The highest BCUT2D eigenvalue weighted by molar-refractivity contribution is 6.99. The van der Waals surface area contributed by atoms with Gasteiger partial charge in [-0.1, -0.05) is 81.4 Å². The minimum Gasteiger partial charge on any atom is -0.405 e. The number of rotatable bonds is 8. The summed E-state index contributed by atoms with van der Waals surface area (Å²) in [5.41, 5.74) is -2.41. The van der Waals surface area contributed by atoms with Gasteiger partial charge < -0.3 is 24.3 Å². The van der Waals surface area contributed by atoms with Crippen LogP contribution in [0.4, 0.5) is 5.82 Å². The summed E-state index contributed by atoms with van der Waals surface area (Å²) in [5, 5.41) is 24.4. The quantitative estimate of drug-likeness (QED) is 0.251. The van der Waals surface area contributed by atoms with Gasteiger partial charge in [0.15, 0.2) is 12.0 Å². The zero-order valence-corrected chi connectivity index (χ0v) is 24.4. The molecule has 1 aliphatic heterocycles. The number of hydrogen-bond donors (Lipinski definition) is 2. The fourth-order valence-electron chi connectivity index (χ4n) is 5.18. The van der Waals surface area contributed by atoms with E-state index in [9.17, 15) is 15.0 Å². The van der Waals surface area contributed by atoms with Gasteiger partial charge in [-0.2, -0.15) is 4.98 Å². The van der Waals surface area contributed by atoms with Crippen molar-refractivity contribution in [3.8, 4) is 0 Å². The predicted molar refractivity (Wildman–Crippen MR) is 154 cm³/mol. The molecule has 1 fully saturated rings. The van der Waals surface area contributed by atoms with Gasteiger partial charge in [-0.05, 0) is 28.4 Å². The van der Waals surface area contributed by atoms with E-state index in [-0.39, 0.29) is 17.5 Å². The van der Waals surface area contributed by atoms with E-state index in [4.69, 9.17) is 9.16 Å². The number of aliphatic imine (C=N–C) groups is 1. The maximum Gasteiger partial charge on any atom is 0.351 e. The first-order chi connectivity index (χ1) is 18.4. The molecule has 0 spiro atoms. The van der Waals surface area contributed by atoms with Crippen LogP contribution in [0.5, 0.6) is 0 Å². The third-order valence-corrected chi connectivity index (χ3v) is 12.1. The summed E-state index contributed by atoms with van der Waals surface area (Å²) in [6, 6.07) is 21.9. The molecule has 208 valence electrons. The summed E-state index contributed by atoms with van der Waals surface area (Å²) in [6.07, 6.45) is -0.346. The van der Waals surface area contributed by atoms with Gasteiger partial charge >= 0.3 is 5.69 Å². The van der Waals surface area contributed by atoms with Crippen LogP contribution in [0.2, 0.25) is 5.04 Å². The summed E-state index contributed by atoms with van der Waals surface area (Å²) in [4.78, 5) is 22.7. The molecule has 0 bridgehead atoms. The van der Waals surface area contributed by atoms with Crippen molar-refractivity contribution in [2.75, 3.05) is 20.7 Å². The number of aromatic nitrogens is 2. The second-order valence-corrected chi connectivity index (χ2v) is 15.7. The van der Waals surface area contributed by atoms with Crippen molar-refractivity contribution >= 4 is 30.8 Å². The summed E-state index contributed by atoms with van der Waals surface area (Å²) in [6.45, 7) is 7.96. The molecule has 1 aliphatic rings. The molecule has 0 radical (unpaired) electrons. The van der Waals surface area contributed by atoms with Crippen LogP contribution in [0.1, 0.15) is 33.9 Å². The van der Waals surface area contributed by atoms with Gasteiger partial charge in [0.1, 0.15) is 17.8 Å². The molecule has 4 rings (SSSR count). The molecule has 10 heteroatoms. The Hall–Kier alpha value is -3.15. The summed E-state index contributed by atoms with van der Waals surface area (Å²) in [7, 11) is 0.716. The van der Waals surface area contributed by atoms with Crippen molar-refractivity contribution in [2.45, 2.75) is 56.8 Å². The Morgan fingerprint density at radius 1 is 1.10 bits per heavy atom. The molecule has 0 aliphatic carbocycles. The van der Waals surface area contributed by atoms with Crippen molar-refractivity contribution in [1.29, 1.82) is 0 Å². The van der Waals surface area contributed by atoms with E-state index in [1.807, 2.05) is 50.5 Å². The maximum absolute atomic E-state index is 12.9. The number of aliphatic hydroxyl groups excluding tert-OH is 1. The van der Waals surface area contributed by atoms with Crippen LogP contribution >= 0.6 is 0 Å². The molecule has 1 saturated heterocycles. The third kappa shape index (κ3) is 5.61. The monoisotopic (exact) mass is 550 g/mol. The van der Waals surface area contributed by atoms with Gasteiger partial charge in [0.2, 0.25) is 0 Å². The predicted octanol–water partition coefficient (Wildman–Crippen LogP) is 2.05. The van der Waals surface area contributed by atoms with Crippen LogP contribution in [-0.2, 0) is 9.16 Å².